The van der Waals surface area contributed by atoms with E-state index in [0.29, 0.717) is 0 Å². The predicted octanol–water partition coefficient (Wildman–Crippen LogP) is 1.80. The van der Waals surface area contributed by atoms with Gasteiger partial charge >= 0.3 is 0 Å². The van der Waals surface area contributed by atoms with E-state index < -0.39 is 5.60 Å². The second kappa shape index (κ2) is 4.12. The molecule has 0 spiro atoms. The first kappa shape index (κ1) is 12.5. The van der Waals surface area contributed by atoms with Gasteiger partial charge in [0, 0.05) is 13.1 Å². The second-order valence-corrected chi connectivity index (χ2v) is 5.91. The zero-order valence-electron chi connectivity index (χ0n) is 10.3. The first-order chi connectivity index (χ1) is 6.72. The van der Waals surface area contributed by atoms with Gasteiger partial charge in [0.2, 0.25) is 0 Å². The monoisotopic (exact) mass is 213 g/mol. The average molecular weight is 213 g/mol. The van der Waals surface area contributed by atoms with E-state index in [2.05, 4.69) is 13.8 Å². The fourth-order valence-electron chi connectivity index (χ4n) is 2.14. The minimum Gasteiger partial charge on any atom is -0.381 e. The third-order valence-electron chi connectivity index (χ3n) is 2.96. The topological polar surface area (TPSA) is 40.5 Å². The Kier molecular flexibility index (Phi) is 3.44. The second-order valence-electron chi connectivity index (χ2n) is 5.91. The van der Waals surface area contributed by atoms with Crippen molar-refractivity contribution in [2.75, 3.05) is 13.1 Å². The Labute approximate surface area is 92.5 Å². The summed E-state index contributed by atoms with van der Waals surface area (Å²) in [6.45, 7) is 9.04. The molecule has 15 heavy (non-hydrogen) atoms. The molecule has 88 valence electrons. The Bertz CT molecular complexity index is 240. The Hall–Kier alpha value is -0.570. The van der Waals surface area contributed by atoms with E-state index in [4.69, 9.17) is 0 Å². The predicted molar refractivity (Wildman–Crippen MR) is 60.5 cm³/mol. The molecule has 1 heterocycles. The number of likely N-dealkylation sites (tertiary alicyclic amines) is 1. The van der Waals surface area contributed by atoms with E-state index in [1.807, 2.05) is 4.90 Å². The van der Waals surface area contributed by atoms with Crippen molar-refractivity contribution in [3.05, 3.63) is 0 Å². The van der Waals surface area contributed by atoms with Crippen LogP contribution in [0.5, 0.6) is 0 Å². The van der Waals surface area contributed by atoms with E-state index in [9.17, 15) is 9.90 Å². The first-order valence-electron chi connectivity index (χ1n) is 5.74. The molecule has 1 aliphatic rings. The fraction of sp³-hybridized carbons (Fsp3) is 0.917. The molecule has 0 atom stereocenters. The molecule has 1 amide bonds. The first-order valence-corrected chi connectivity index (χ1v) is 5.74. The summed E-state index contributed by atoms with van der Waals surface area (Å²) in [7, 11) is 0. The third-order valence-corrected chi connectivity index (χ3v) is 2.96. The van der Waals surface area contributed by atoms with Gasteiger partial charge < -0.3 is 10.0 Å². The smallest absolute Gasteiger partial charge is 0.253 e. The van der Waals surface area contributed by atoms with Crippen LogP contribution in [0.15, 0.2) is 0 Å². The van der Waals surface area contributed by atoms with Crippen molar-refractivity contribution in [2.24, 2.45) is 5.41 Å². The maximum atomic E-state index is 11.9. The quantitative estimate of drug-likeness (QED) is 0.721. The third kappa shape index (κ3) is 3.49. The average Bonchev–Trinajstić information content (AvgIpc) is 2.23. The largest absolute Gasteiger partial charge is 0.381 e. The fourth-order valence-corrected chi connectivity index (χ4v) is 2.14. The highest BCUT2D eigenvalue weighted by Gasteiger charge is 2.33. The lowest BCUT2D eigenvalue weighted by Crippen LogP contribution is -2.47. The number of carbonyl (C=O) groups excluding carboxylic acids is 1. The lowest BCUT2D eigenvalue weighted by atomic mass is 9.88. The van der Waals surface area contributed by atoms with E-state index in [0.717, 1.165) is 25.9 Å². The van der Waals surface area contributed by atoms with E-state index in [1.165, 1.54) is 6.42 Å². The van der Waals surface area contributed by atoms with Gasteiger partial charge in [-0.05, 0) is 32.1 Å². The molecule has 1 saturated heterocycles. The molecule has 0 radical (unpaired) electrons. The van der Waals surface area contributed by atoms with Gasteiger partial charge in [-0.25, -0.2) is 0 Å². The van der Waals surface area contributed by atoms with Gasteiger partial charge in [-0.2, -0.15) is 0 Å². The maximum absolute atomic E-state index is 11.9. The van der Waals surface area contributed by atoms with Crippen LogP contribution in [0.1, 0.15) is 47.0 Å². The van der Waals surface area contributed by atoms with Gasteiger partial charge in [-0.1, -0.05) is 20.3 Å². The Morgan fingerprint density at radius 3 is 2.47 bits per heavy atom. The number of nitrogens with zero attached hydrogens (tertiary/aromatic N) is 1. The van der Waals surface area contributed by atoms with Gasteiger partial charge in [0.15, 0.2) is 0 Å². The molecule has 0 aromatic heterocycles. The van der Waals surface area contributed by atoms with Gasteiger partial charge in [0.05, 0.1) is 0 Å². The van der Waals surface area contributed by atoms with Crippen molar-refractivity contribution < 1.29 is 9.90 Å². The highest BCUT2D eigenvalue weighted by Crippen LogP contribution is 2.28. The van der Waals surface area contributed by atoms with Crippen LogP contribution in [0, 0.1) is 5.41 Å². The summed E-state index contributed by atoms with van der Waals surface area (Å²) in [6.07, 6.45) is 3.37. The van der Waals surface area contributed by atoms with Gasteiger partial charge in [0.25, 0.3) is 5.91 Å². The molecule has 0 unspecified atom stereocenters. The van der Waals surface area contributed by atoms with Crippen molar-refractivity contribution in [3.63, 3.8) is 0 Å². The molecule has 1 aliphatic heterocycles. The summed E-state index contributed by atoms with van der Waals surface area (Å²) in [5, 5.41) is 9.71. The van der Waals surface area contributed by atoms with Crippen molar-refractivity contribution in [1.82, 2.24) is 4.90 Å². The van der Waals surface area contributed by atoms with Crippen molar-refractivity contribution in [2.45, 2.75) is 52.6 Å². The molecule has 3 heteroatoms. The molecular formula is C12H23NO2. The minimum atomic E-state index is -1.24. The number of hydrogen-bond donors (Lipinski definition) is 1. The van der Waals surface area contributed by atoms with E-state index in [1.54, 1.807) is 13.8 Å². The number of aliphatic hydroxyl groups is 1. The minimum absolute atomic E-state index is 0.141. The Balaban J connectivity index is 2.73. The number of hydrogen-bond acceptors (Lipinski definition) is 2. The Morgan fingerprint density at radius 2 is 1.93 bits per heavy atom. The molecule has 3 nitrogen and oxygen atoms in total. The zero-order valence-corrected chi connectivity index (χ0v) is 10.3. The highest BCUT2D eigenvalue weighted by atomic mass is 16.3. The molecule has 0 aromatic rings. The zero-order chi connectivity index (χ0) is 11.7. The van der Waals surface area contributed by atoms with Gasteiger partial charge in [-0.3, -0.25) is 4.79 Å². The van der Waals surface area contributed by atoms with Crippen molar-refractivity contribution >= 4 is 5.91 Å². The number of rotatable bonds is 1. The molecule has 1 rings (SSSR count). The van der Waals surface area contributed by atoms with Crippen molar-refractivity contribution in [1.29, 1.82) is 0 Å². The summed E-state index contributed by atoms with van der Waals surface area (Å²) in [5.41, 5.74) is -1.06. The van der Waals surface area contributed by atoms with Crippen LogP contribution < -0.4 is 0 Å². The molecule has 0 aliphatic carbocycles. The molecule has 0 bridgehead atoms. The molecule has 0 saturated carbocycles. The summed E-state index contributed by atoms with van der Waals surface area (Å²) < 4.78 is 0. The Morgan fingerprint density at radius 1 is 1.33 bits per heavy atom. The van der Waals surface area contributed by atoms with Crippen LogP contribution in [0.2, 0.25) is 0 Å². The molecular weight excluding hydrogens is 190 g/mol. The van der Waals surface area contributed by atoms with Crippen LogP contribution in [0.25, 0.3) is 0 Å². The van der Waals surface area contributed by atoms with Crippen molar-refractivity contribution in [3.8, 4) is 0 Å². The lowest BCUT2D eigenvalue weighted by Gasteiger charge is -2.33. The van der Waals surface area contributed by atoms with E-state index in [-0.39, 0.29) is 11.3 Å². The SMILES string of the molecule is CC1(C)CCCCN(C(=O)C(C)(C)O)C1. The van der Waals surface area contributed by atoms with Crippen LogP contribution >= 0.6 is 0 Å². The molecule has 1 fully saturated rings. The summed E-state index contributed by atoms with van der Waals surface area (Å²) in [5.74, 6) is -0.141. The number of amides is 1. The molecule has 1 N–H and O–H groups in total. The standard InChI is InChI=1S/C12H23NO2/c1-11(2)7-5-6-8-13(9-11)10(14)12(3,4)15/h15H,5-9H2,1-4H3. The van der Waals surface area contributed by atoms with E-state index >= 15 is 0 Å². The highest BCUT2D eigenvalue weighted by molar-refractivity contribution is 5.84. The van der Waals surface area contributed by atoms with Gasteiger partial charge in [0.1, 0.15) is 5.60 Å². The summed E-state index contributed by atoms with van der Waals surface area (Å²) in [4.78, 5) is 13.7. The maximum Gasteiger partial charge on any atom is 0.253 e. The lowest BCUT2D eigenvalue weighted by molar-refractivity contribution is -0.148. The number of carbonyl (C=O) groups is 1. The van der Waals surface area contributed by atoms with Crippen LogP contribution in [0.3, 0.4) is 0 Å². The molecule has 0 aromatic carbocycles. The normalized spacial score (nSPS) is 22.3. The van der Waals surface area contributed by atoms with Crippen LogP contribution in [0.4, 0.5) is 0 Å². The van der Waals surface area contributed by atoms with Crippen LogP contribution in [-0.2, 0) is 4.79 Å². The summed E-state index contributed by atoms with van der Waals surface area (Å²) in [6, 6.07) is 0. The van der Waals surface area contributed by atoms with Crippen LogP contribution in [-0.4, -0.2) is 34.6 Å². The summed E-state index contributed by atoms with van der Waals surface area (Å²) >= 11 is 0. The van der Waals surface area contributed by atoms with Gasteiger partial charge in [-0.15, -0.1) is 0 Å².